The Labute approximate surface area is 162 Å². The van der Waals surface area contributed by atoms with Gasteiger partial charge in [0.1, 0.15) is 11.2 Å². The maximum Gasteiger partial charge on any atom is 0.407 e. The van der Waals surface area contributed by atoms with Gasteiger partial charge in [-0.15, -0.1) is 0 Å². The highest BCUT2D eigenvalue weighted by Crippen LogP contribution is 2.06. The number of rotatable bonds is 12. The molecule has 0 fully saturated rings. The summed E-state index contributed by atoms with van der Waals surface area (Å²) in [6, 6.07) is 0. The Balaban J connectivity index is 3.30. The summed E-state index contributed by atoms with van der Waals surface area (Å²) in [5.74, 6) is 0. The zero-order valence-electron chi connectivity index (χ0n) is 17.6. The third-order valence-electron chi connectivity index (χ3n) is 2.68. The van der Waals surface area contributed by atoms with Crippen molar-refractivity contribution in [1.29, 1.82) is 0 Å². The van der Waals surface area contributed by atoms with E-state index in [0.29, 0.717) is 52.6 Å². The highest BCUT2D eigenvalue weighted by Gasteiger charge is 2.16. The molecule has 0 saturated carbocycles. The van der Waals surface area contributed by atoms with Crippen LogP contribution in [0, 0.1) is 0 Å². The van der Waals surface area contributed by atoms with E-state index in [4.69, 9.17) is 18.9 Å². The van der Waals surface area contributed by atoms with Gasteiger partial charge in [0.05, 0.1) is 26.4 Å². The minimum absolute atomic E-state index is 0.405. The molecule has 0 aliphatic heterocycles. The number of hydrogen-bond acceptors (Lipinski definition) is 7. The molecule has 0 spiro atoms. The van der Waals surface area contributed by atoms with Gasteiger partial charge in [-0.3, -0.25) is 0 Å². The van der Waals surface area contributed by atoms with Crippen LogP contribution >= 0.6 is 0 Å². The summed E-state index contributed by atoms with van der Waals surface area (Å²) >= 11 is 0. The Morgan fingerprint density at radius 2 is 0.963 bits per heavy atom. The smallest absolute Gasteiger partial charge is 0.407 e. The van der Waals surface area contributed by atoms with Crippen molar-refractivity contribution >= 4 is 12.2 Å². The summed E-state index contributed by atoms with van der Waals surface area (Å²) in [5.41, 5.74) is -0.995. The minimum atomic E-state index is -0.497. The van der Waals surface area contributed by atoms with Gasteiger partial charge in [-0.25, -0.2) is 9.59 Å². The van der Waals surface area contributed by atoms with Crippen molar-refractivity contribution in [3.8, 4) is 0 Å². The van der Waals surface area contributed by atoms with Crippen LogP contribution in [0.15, 0.2) is 0 Å². The van der Waals surface area contributed by atoms with Gasteiger partial charge in [0, 0.05) is 26.2 Å². The molecule has 160 valence electrons. The molecular weight excluding hydrogens is 354 g/mol. The third kappa shape index (κ3) is 20.6. The van der Waals surface area contributed by atoms with Crippen LogP contribution in [0.3, 0.4) is 0 Å². The van der Waals surface area contributed by atoms with Crippen molar-refractivity contribution in [3.05, 3.63) is 0 Å². The molecule has 0 heterocycles. The lowest BCUT2D eigenvalue weighted by molar-refractivity contribution is 0.0493. The fourth-order valence-electron chi connectivity index (χ4n) is 1.70. The number of ether oxygens (including phenoxy) is 4. The Morgan fingerprint density at radius 1 is 0.630 bits per heavy atom. The number of carbonyl (C=O) groups excluding carboxylic acids is 2. The second kappa shape index (κ2) is 13.6. The van der Waals surface area contributed by atoms with Crippen molar-refractivity contribution in [3.63, 3.8) is 0 Å². The standard InChI is InChI=1S/C18H37N3O6/c1-17(2,3)26-15(22)20-9-13-24-11-7-19-8-12-25-14-10-21-16(23)27-18(4,5)6/h19H,7-14H2,1-6H3,(H,20,22)(H,21,23). The van der Waals surface area contributed by atoms with Crippen LogP contribution in [0.2, 0.25) is 0 Å². The summed E-state index contributed by atoms with van der Waals surface area (Å²) in [5, 5.41) is 8.42. The van der Waals surface area contributed by atoms with Gasteiger partial charge in [0.15, 0.2) is 0 Å². The fraction of sp³-hybridized carbons (Fsp3) is 0.889. The van der Waals surface area contributed by atoms with E-state index >= 15 is 0 Å². The maximum atomic E-state index is 11.4. The Hall–Kier alpha value is -1.58. The van der Waals surface area contributed by atoms with E-state index in [-0.39, 0.29) is 0 Å². The van der Waals surface area contributed by atoms with E-state index < -0.39 is 23.4 Å². The summed E-state index contributed by atoms with van der Waals surface area (Å²) in [6.07, 6.45) is -0.884. The van der Waals surface area contributed by atoms with Gasteiger partial charge in [0.2, 0.25) is 0 Å². The molecule has 0 unspecified atom stereocenters. The number of nitrogens with one attached hydrogen (secondary N) is 3. The molecule has 0 aromatic rings. The summed E-state index contributed by atoms with van der Waals surface area (Å²) < 4.78 is 21.0. The van der Waals surface area contributed by atoms with Gasteiger partial charge >= 0.3 is 12.2 Å². The highest BCUT2D eigenvalue weighted by atomic mass is 16.6. The molecule has 0 aromatic heterocycles. The summed E-state index contributed by atoms with van der Waals surface area (Å²) in [7, 11) is 0. The Kier molecular flexibility index (Phi) is 12.8. The molecule has 0 rings (SSSR count). The average Bonchev–Trinajstić information content (AvgIpc) is 2.48. The van der Waals surface area contributed by atoms with Crippen LogP contribution in [0.5, 0.6) is 0 Å². The predicted octanol–water partition coefficient (Wildman–Crippen LogP) is 1.66. The van der Waals surface area contributed by atoms with Gasteiger partial charge in [-0.05, 0) is 41.5 Å². The largest absolute Gasteiger partial charge is 0.444 e. The number of alkyl carbamates (subject to hydrolysis) is 2. The first-order valence-corrected chi connectivity index (χ1v) is 9.29. The van der Waals surface area contributed by atoms with E-state index in [1.807, 2.05) is 41.5 Å². The lowest BCUT2D eigenvalue weighted by atomic mass is 10.2. The molecule has 0 radical (unpaired) electrons. The Morgan fingerprint density at radius 3 is 1.30 bits per heavy atom. The zero-order valence-corrected chi connectivity index (χ0v) is 17.6. The normalized spacial score (nSPS) is 11.8. The maximum absolute atomic E-state index is 11.4. The van der Waals surface area contributed by atoms with Crippen molar-refractivity contribution in [2.45, 2.75) is 52.7 Å². The van der Waals surface area contributed by atoms with Crippen LogP contribution in [0.25, 0.3) is 0 Å². The predicted molar refractivity (Wildman–Crippen MR) is 103 cm³/mol. The van der Waals surface area contributed by atoms with E-state index in [1.165, 1.54) is 0 Å². The topological polar surface area (TPSA) is 107 Å². The molecule has 0 aromatic carbocycles. The molecule has 9 nitrogen and oxygen atoms in total. The fourth-order valence-corrected chi connectivity index (χ4v) is 1.70. The molecule has 0 saturated heterocycles. The van der Waals surface area contributed by atoms with Crippen molar-refractivity contribution < 1.29 is 28.5 Å². The van der Waals surface area contributed by atoms with Gasteiger partial charge in [0.25, 0.3) is 0 Å². The molecule has 0 bridgehead atoms. The van der Waals surface area contributed by atoms with Crippen LogP contribution in [0.1, 0.15) is 41.5 Å². The van der Waals surface area contributed by atoms with E-state index in [2.05, 4.69) is 16.0 Å². The molecule has 2 amide bonds. The second-order valence-corrected chi connectivity index (χ2v) is 7.83. The zero-order chi connectivity index (χ0) is 20.8. The summed E-state index contributed by atoms with van der Waals surface area (Å²) in [4.78, 5) is 22.8. The van der Waals surface area contributed by atoms with Crippen molar-refractivity contribution in [2.24, 2.45) is 0 Å². The molecular formula is C18H37N3O6. The summed E-state index contributed by atoms with van der Waals surface area (Å²) in [6.45, 7) is 15.0. The number of amides is 2. The number of hydrogen-bond donors (Lipinski definition) is 3. The molecule has 0 aliphatic carbocycles. The van der Waals surface area contributed by atoms with Crippen LogP contribution < -0.4 is 16.0 Å². The monoisotopic (exact) mass is 391 g/mol. The first-order valence-electron chi connectivity index (χ1n) is 9.29. The average molecular weight is 392 g/mol. The van der Waals surface area contributed by atoms with Crippen LogP contribution in [-0.4, -0.2) is 76.0 Å². The molecule has 0 atom stereocenters. The van der Waals surface area contributed by atoms with Gasteiger partial charge in [-0.1, -0.05) is 0 Å². The highest BCUT2D eigenvalue weighted by molar-refractivity contribution is 5.67. The van der Waals surface area contributed by atoms with Crippen LogP contribution in [0.4, 0.5) is 9.59 Å². The molecule has 3 N–H and O–H groups in total. The lowest BCUT2D eigenvalue weighted by Crippen LogP contribution is -2.35. The second-order valence-electron chi connectivity index (χ2n) is 7.83. The van der Waals surface area contributed by atoms with E-state index in [1.54, 1.807) is 0 Å². The van der Waals surface area contributed by atoms with Crippen molar-refractivity contribution in [2.75, 3.05) is 52.6 Å². The van der Waals surface area contributed by atoms with E-state index in [0.717, 1.165) is 0 Å². The SMILES string of the molecule is CC(C)(C)OC(=O)NCCOCCNCCOCCNC(=O)OC(C)(C)C. The quantitative estimate of drug-likeness (QED) is 0.434. The third-order valence-corrected chi connectivity index (χ3v) is 2.68. The molecule has 27 heavy (non-hydrogen) atoms. The van der Waals surface area contributed by atoms with E-state index in [9.17, 15) is 9.59 Å². The van der Waals surface area contributed by atoms with Gasteiger partial charge < -0.3 is 34.9 Å². The first-order chi connectivity index (χ1) is 12.5. The van der Waals surface area contributed by atoms with Crippen LogP contribution in [-0.2, 0) is 18.9 Å². The molecule has 0 aliphatic rings. The minimum Gasteiger partial charge on any atom is -0.444 e. The molecule has 9 heteroatoms. The lowest BCUT2D eigenvalue weighted by Gasteiger charge is -2.19. The van der Waals surface area contributed by atoms with Gasteiger partial charge in [-0.2, -0.15) is 0 Å². The van der Waals surface area contributed by atoms with Crippen molar-refractivity contribution in [1.82, 2.24) is 16.0 Å². The Bertz CT molecular complexity index is 380. The number of carbonyl (C=O) groups is 2. The first kappa shape index (κ1) is 25.4.